The molecule has 0 aliphatic heterocycles. The Kier molecular flexibility index (Phi) is 4.93. The van der Waals surface area contributed by atoms with Crippen molar-refractivity contribution in [1.29, 1.82) is 0 Å². The summed E-state index contributed by atoms with van der Waals surface area (Å²) < 4.78 is 44.8. The highest BCUT2D eigenvalue weighted by Gasteiger charge is 2.18. The predicted molar refractivity (Wildman–Crippen MR) is 103 cm³/mol. The van der Waals surface area contributed by atoms with Crippen molar-refractivity contribution >= 4 is 38.3 Å². The molecule has 8 heteroatoms. The molecule has 0 bridgehead atoms. The molecule has 0 saturated carbocycles. The van der Waals surface area contributed by atoms with Crippen LogP contribution in [0.5, 0.6) is 0 Å². The zero-order chi connectivity index (χ0) is 19.8. The van der Waals surface area contributed by atoms with Gasteiger partial charge in [-0.15, -0.1) is 0 Å². The summed E-state index contributed by atoms with van der Waals surface area (Å²) >= 11 is 0. The molecule has 142 valence electrons. The summed E-state index contributed by atoms with van der Waals surface area (Å²) in [6, 6.07) is 8.90. The number of hydrogen-bond acceptors (Lipinski definition) is 4. The van der Waals surface area contributed by atoms with Gasteiger partial charge in [-0.2, -0.15) is 0 Å². The van der Waals surface area contributed by atoms with Crippen LogP contribution >= 0.6 is 0 Å². The lowest BCUT2D eigenvalue weighted by Crippen LogP contribution is -2.16. The van der Waals surface area contributed by atoms with Crippen molar-refractivity contribution < 1.29 is 22.0 Å². The molecule has 0 fully saturated rings. The highest BCUT2D eigenvalue weighted by molar-refractivity contribution is 7.92. The Bertz CT molecular complexity index is 1140. The minimum Gasteiger partial charge on any atom is -0.451 e. The number of carbonyl (C=O) groups excluding carboxylic acids is 1. The van der Waals surface area contributed by atoms with E-state index in [1.807, 2.05) is 0 Å². The Morgan fingerprint density at radius 2 is 1.89 bits per heavy atom. The van der Waals surface area contributed by atoms with Crippen molar-refractivity contribution in [3.8, 4) is 0 Å². The molecule has 1 aromatic heterocycles. The van der Waals surface area contributed by atoms with Gasteiger partial charge in [-0.25, -0.2) is 12.8 Å². The molecule has 3 aromatic rings. The van der Waals surface area contributed by atoms with Gasteiger partial charge >= 0.3 is 0 Å². The molecular weight excluding hydrogens is 371 g/mol. The van der Waals surface area contributed by atoms with E-state index in [0.29, 0.717) is 33.5 Å². The minimum absolute atomic E-state index is 0.0309. The fraction of sp³-hybridized carbons (Fsp3) is 0.211. The number of carbonyl (C=O) groups is 1. The minimum atomic E-state index is -3.38. The molecule has 3 rings (SSSR count). The first-order valence-corrected chi connectivity index (χ1v) is 9.96. The third kappa shape index (κ3) is 3.95. The molecule has 0 aliphatic carbocycles. The first kappa shape index (κ1) is 18.9. The lowest BCUT2D eigenvalue weighted by molar-refractivity contribution is 0.0998. The number of hydrogen-bond donors (Lipinski definition) is 2. The van der Waals surface area contributed by atoms with E-state index in [0.717, 1.165) is 0 Å². The number of furan rings is 1. The maximum Gasteiger partial charge on any atom is 0.291 e. The van der Waals surface area contributed by atoms with E-state index in [1.165, 1.54) is 18.2 Å². The second kappa shape index (κ2) is 7.03. The van der Waals surface area contributed by atoms with Crippen molar-refractivity contribution in [3.05, 3.63) is 59.1 Å². The van der Waals surface area contributed by atoms with Crippen LogP contribution < -0.4 is 10.0 Å². The summed E-state index contributed by atoms with van der Waals surface area (Å²) in [6.07, 6.45) is 0. The highest BCUT2D eigenvalue weighted by Crippen LogP contribution is 2.27. The first-order valence-electron chi connectivity index (χ1n) is 8.31. The van der Waals surface area contributed by atoms with Crippen LogP contribution in [0.3, 0.4) is 0 Å². The van der Waals surface area contributed by atoms with Gasteiger partial charge in [-0.05, 0) is 62.7 Å². The van der Waals surface area contributed by atoms with E-state index in [1.54, 1.807) is 39.0 Å². The quantitative estimate of drug-likeness (QED) is 0.683. The lowest BCUT2D eigenvalue weighted by atomic mass is 10.1. The Hall–Kier alpha value is -2.87. The predicted octanol–water partition coefficient (Wildman–Crippen LogP) is 4.20. The summed E-state index contributed by atoms with van der Waals surface area (Å²) in [6.45, 7) is 4.97. The molecule has 1 heterocycles. The molecule has 0 atom stereocenters. The van der Waals surface area contributed by atoms with E-state index in [4.69, 9.17) is 4.42 Å². The lowest BCUT2D eigenvalue weighted by Gasteiger charge is -2.11. The molecule has 0 unspecified atom stereocenters. The molecule has 0 radical (unpaired) electrons. The van der Waals surface area contributed by atoms with Gasteiger partial charge in [0.2, 0.25) is 10.0 Å². The standard InChI is InChI=1S/C19H19FN2O4S/c1-4-27(24,25)22-16-7-6-14(9-11(16)2)21-19(23)18-12(3)15-10-13(20)5-8-17(15)26-18/h5-10,22H,4H2,1-3H3,(H,21,23). The number of nitrogens with one attached hydrogen (secondary N) is 2. The zero-order valence-corrected chi connectivity index (χ0v) is 15.9. The number of rotatable bonds is 5. The molecule has 0 aliphatic rings. The number of halogens is 1. The fourth-order valence-corrected chi connectivity index (χ4v) is 3.40. The maximum atomic E-state index is 13.4. The van der Waals surface area contributed by atoms with E-state index >= 15 is 0 Å². The molecule has 27 heavy (non-hydrogen) atoms. The molecule has 1 amide bonds. The largest absolute Gasteiger partial charge is 0.451 e. The van der Waals surface area contributed by atoms with Crippen LogP contribution in [0.25, 0.3) is 11.0 Å². The average molecular weight is 390 g/mol. The molecule has 0 saturated heterocycles. The summed E-state index contributed by atoms with van der Waals surface area (Å²) in [5, 5.41) is 3.26. The Balaban J connectivity index is 1.84. The third-order valence-electron chi connectivity index (χ3n) is 4.23. The molecule has 6 nitrogen and oxygen atoms in total. The van der Waals surface area contributed by atoms with Crippen LogP contribution in [-0.4, -0.2) is 20.1 Å². The van der Waals surface area contributed by atoms with Gasteiger partial charge < -0.3 is 9.73 Å². The Morgan fingerprint density at radius 3 is 2.56 bits per heavy atom. The third-order valence-corrected chi connectivity index (χ3v) is 5.53. The smallest absolute Gasteiger partial charge is 0.291 e. The number of fused-ring (bicyclic) bond motifs is 1. The average Bonchev–Trinajstić information content (AvgIpc) is 2.94. The van der Waals surface area contributed by atoms with E-state index in [2.05, 4.69) is 10.0 Å². The van der Waals surface area contributed by atoms with Gasteiger partial charge in [0, 0.05) is 16.6 Å². The molecule has 2 N–H and O–H groups in total. The number of aryl methyl sites for hydroxylation is 2. The number of benzene rings is 2. The number of amides is 1. The highest BCUT2D eigenvalue weighted by atomic mass is 32.2. The number of anilines is 2. The van der Waals surface area contributed by atoms with E-state index < -0.39 is 21.7 Å². The molecule has 2 aromatic carbocycles. The number of sulfonamides is 1. The topological polar surface area (TPSA) is 88.4 Å². The first-order chi connectivity index (χ1) is 12.7. The van der Waals surface area contributed by atoms with Crippen LogP contribution in [0.2, 0.25) is 0 Å². The summed E-state index contributed by atoms with van der Waals surface area (Å²) in [5.74, 6) is -0.801. The van der Waals surface area contributed by atoms with Crippen molar-refractivity contribution in [1.82, 2.24) is 0 Å². The summed E-state index contributed by atoms with van der Waals surface area (Å²) in [4.78, 5) is 12.6. The van der Waals surface area contributed by atoms with Crippen molar-refractivity contribution in [3.63, 3.8) is 0 Å². The van der Waals surface area contributed by atoms with Crippen LogP contribution in [0.15, 0.2) is 40.8 Å². The van der Waals surface area contributed by atoms with Crippen molar-refractivity contribution in [2.24, 2.45) is 0 Å². The molecule has 0 spiro atoms. The van der Waals surface area contributed by atoms with Crippen molar-refractivity contribution in [2.45, 2.75) is 20.8 Å². The monoisotopic (exact) mass is 390 g/mol. The van der Waals surface area contributed by atoms with Crippen molar-refractivity contribution in [2.75, 3.05) is 15.8 Å². The second-order valence-electron chi connectivity index (χ2n) is 6.19. The van der Waals surface area contributed by atoms with Gasteiger partial charge in [-0.1, -0.05) is 0 Å². The molecular formula is C19H19FN2O4S. The van der Waals surface area contributed by atoms with Crippen LogP contribution in [-0.2, 0) is 10.0 Å². The van der Waals surface area contributed by atoms with Crippen LogP contribution in [0, 0.1) is 19.7 Å². The van der Waals surface area contributed by atoms with Crippen LogP contribution in [0.1, 0.15) is 28.6 Å². The maximum absolute atomic E-state index is 13.4. The van der Waals surface area contributed by atoms with Gasteiger partial charge in [0.25, 0.3) is 5.91 Å². The van der Waals surface area contributed by atoms with Gasteiger partial charge in [0.1, 0.15) is 11.4 Å². The van der Waals surface area contributed by atoms with E-state index in [9.17, 15) is 17.6 Å². The van der Waals surface area contributed by atoms with Crippen LogP contribution in [0.4, 0.5) is 15.8 Å². The Labute approximate surface area is 156 Å². The van der Waals surface area contributed by atoms with E-state index in [-0.39, 0.29) is 11.5 Å². The van der Waals surface area contributed by atoms with Gasteiger partial charge in [0.05, 0.1) is 11.4 Å². The fourth-order valence-electron chi connectivity index (χ4n) is 2.69. The summed E-state index contributed by atoms with van der Waals surface area (Å²) in [7, 11) is -3.38. The second-order valence-corrected chi connectivity index (χ2v) is 8.20. The summed E-state index contributed by atoms with van der Waals surface area (Å²) in [5.41, 5.74) is 2.58. The normalized spacial score (nSPS) is 11.6. The zero-order valence-electron chi connectivity index (χ0n) is 15.1. The SMILES string of the molecule is CCS(=O)(=O)Nc1ccc(NC(=O)c2oc3ccc(F)cc3c2C)cc1C. The Morgan fingerprint density at radius 1 is 1.15 bits per heavy atom. The van der Waals surface area contributed by atoms with Gasteiger partial charge in [-0.3, -0.25) is 9.52 Å². The van der Waals surface area contributed by atoms with Gasteiger partial charge in [0.15, 0.2) is 5.76 Å².